The number of carbonyl (C=O) groups is 2. The number of urea groups is 1. The van der Waals surface area contributed by atoms with Gasteiger partial charge in [0.05, 0.1) is 5.92 Å². The van der Waals surface area contributed by atoms with Crippen LogP contribution in [0.15, 0.2) is 0 Å². The maximum absolute atomic E-state index is 11.8. The van der Waals surface area contributed by atoms with Crippen LogP contribution >= 0.6 is 11.8 Å². The molecular formula is C15H26N2O3S. The fourth-order valence-electron chi connectivity index (χ4n) is 3.16. The molecule has 0 aromatic heterocycles. The highest BCUT2D eigenvalue weighted by atomic mass is 32.2. The minimum Gasteiger partial charge on any atom is -0.481 e. The number of thioether (sulfide) groups is 1. The number of carbonyl (C=O) groups excluding carboxylic acids is 1. The Morgan fingerprint density at radius 1 is 1.24 bits per heavy atom. The minimum atomic E-state index is -0.679. The highest BCUT2D eigenvalue weighted by Crippen LogP contribution is 2.36. The Morgan fingerprint density at radius 2 is 1.95 bits per heavy atom. The molecule has 1 unspecified atom stereocenters. The van der Waals surface area contributed by atoms with Gasteiger partial charge in [0.2, 0.25) is 0 Å². The summed E-state index contributed by atoms with van der Waals surface area (Å²) in [5.74, 6) is 0.741. The van der Waals surface area contributed by atoms with Crippen molar-refractivity contribution in [1.82, 2.24) is 10.6 Å². The molecule has 2 aliphatic rings. The third-order valence-electron chi connectivity index (χ3n) is 4.67. The molecule has 1 heterocycles. The second kappa shape index (κ2) is 7.38. The number of hydrogen-bond donors (Lipinski definition) is 3. The zero-order valence-electron chi connectivity index (χ0n) is 12.7. The molecule has 1 aliphatic carbocycles. The topological polar surface area (TPSA) is 78.4 Å². The third-order valence-corrected chi connectivity index (χ3v) is 6.21. The average molecular weight is 314 g/mol. The molecule has 0 spiro atoms. The first-order valence-electron chi connectivity index (χ1n) is 7.87. The monoisotopic (exact) mass is 314 g/mol. The third kappa shape index (κ3) is 5.09. The quantitative estimate of drug-likeness (QED) is 0.728. The summed E-state index contributed by atoms with van der Waals surface area (Å²) >= 11 is 1.94. The predicted molar refractivity (Wildman–Crippen MR) is 84.6 cm³/mol. The van der Waals surface area contributed by atoms with Gasteiger partial charge in [0, 0.05) is 17.8 Å². The molecule has 1 saturated heterocycles. The van der Waals surface area contributed by atoms with E-state index in [2.05, 4.69) is 17.6 Å². The summed E-state index contributed by atoms with van der Waals surface area (Å²) in [4.78, 5) is 22.7. The van der Waals surface area contributed by atoms with Gasteiger partial charge in [-0.3, -0.25) is 4.79 Å². The van der Waals surface area contributed by atoms with Crippen molar-refractivity contribution in [3.05, 3.63) is 0 Å². The van der Waals surface area contributed by atoms with Crippen LogP contribution in [0.4, 0.5) is 4.79 Å². The lowest BCUT2D eigenvalue weighted by molar-refractivity contribution is -0.143. The SMILES string of the molecule is CC1(CNC(=O)NCC2CCC(C(=O)O)CC2)CCCS1. The van der Waals surface area contributed by atoms with Gasteiger partial charge in [0.1, 0.15) is 0 Å². The van der Waals surface area contributed by atoms with Crippen LogP contribution in [-0.2, 0) is 4.79 Å². The van der Waals surface area contributed by atoms with Crippen molar-refractivity contribution >= 4 is 23.8 Å². The van der Waals surface area contributed by atoms with Crippen molar-refractivity contribution in [3.63, 3.8) is 0 Å². The molecule has 1 atom stereocenters. The van der Waals surface area contributed by atoms with Crippen molar-refractivity contribution in [2.75, 3.05) is 18.8 Å². The van der Waals surface area contributed by atoms with Crippen LogP contribution in [0.3, 0.4) is 0 Å². The Labute approximate surface area is 130 Å². The van der Waals surface area contributed by atoms with Crippen molar-refractivity contribution in [1.29, 1.82) is 0 Å². The maximum Gasteiger partial charge on any atom is 0.314 e. The predicted octanol–water partition coefficient (Wildman–Crippen LogP) is 2.46. The Morgan fingerprint density at radius 3 is 2.52 bits per heavy atom. The van der Waals surface area contributed by atoms with E-state index in [0.29, 0.717) is 12.5 Å². The lowest BCUT2D eigenvalue weighted by atomic mass is 9.82. The summed E-state index contributed by atoms with van der Waals surface area (Å²) in [5, 5.41) is 14.9. The van der Waals surface area contributed by atoms with E-state index in [0.717, 1.165) is 38.6 Å². The van der Waals surface area contributed by atoms with Crippen molar-refractivity contribution in [2.24, 2.45) is 11.8 Å². The summed E-state index contributed by atoms with van der Waals surface area (Å²) in [6, 6.07) is -0.0934. The lowest BCUT2D eigenvalue weighted by Gasteiger charge is -2.27. The summed E-state index contributed by atoms with van der Waals surface area (Å²) in [5.41, 5.74) is 0. The van der Waals surface area contributed by atoms with E-state index < -0.39 is 5.97 Å². The first-order chi connectivity index (χ1) is 9.98. The van der Waals surface area contributed by atoms with Crippen LogP contribution in [0, 0.1) is 11.8 Å². The molecule has 120 valence electrons. The van der Waals surface area contributed by atoms with Gasteiger partial charge in [-0.15, -0.1) is 0 Å². The normalized spacial score (nSPS) is 32.6. The van der Waals surface area contributed by atoms with Gasteiger partial charge in [0.15, 0.2) is 0 Å². The molecule has 2 amide bonds. The standard InChI is InChI=1S/C15H26N2O3S/c1-15(7-2-8-21-15)10-17-14(20)16-9-11-3-5-12(6-4-11)13(18)19/h11-12H,2-10H2,1H3,(H,18,19)(H2,16,17,20). The molecule has 21 heavy (non-hydrogen) atoms. The van der Waals surface area contributed by atoms with Gasteiger partial charge in [-0.2, -0.15) is 11.8 Å². The van der Waals surface area contributed by atoms with Gasteiger partial charge in [-0.05, 0) is 57.1 Å². The zero-order valence-corrected chi connectivity index (χ0v) is 13.5. The van der Waals surface area contributed by atoms with Crippen molar-refractivity contribution in [3.8, 4) is 0 Å². The zero-order chi connectivity index (χ0) is 15.3. The lowest BCUT2D eigenvalue weighted by Crippen LogP contribution is -2.44. The van der Waals surface area contributed by atoms with E-state index in [1.807, 2.05) is 11.8 Å². The van der Waals surface area contributed by atoms with Crippen LogP contribution in [0.1, 0.15) is 45.4 Å². The van der Waals surface area contributed by atoms with Gasteiger partial charge in [0.25, 0.3) is 0 Å². The molecule has 0 aromatic carbocycles. The van der Waals surface area contributed by atoms with Crippen LogP contribution < -0.4 is 10.6 Å². The summed E-state index contributed by atoms with van der Waals surface area (Å²) < 4.78 is 0.191. The Bertz CT molecular complexity index is 375. The van der Waals surface area contributed by atoms with Gasteiger partial charge in [-0.25, -0.2) is 4.79 Å². The smallest absolute Gasteiger partial charge is 0.314 e. The maximum atomic E-state index is 11.8. The summed E-state index contributed by atoms with van der Waals surface area (Å²) in [6.45, 7) is 3.58. The van der Waals surface area contributed by atoms with E-state index in [4.69, 9.17) is 5.11 Å². The number of rotatable bonds is 5. The minimum absolute atomic E-state index is 0.0934. The first kappa shape index (κ1) is 16.5. The number of hydrogen-bond acceptors (Lipinski definition) is 3. The molecule has 5 nitrogen and oxygen atoms in total. The van der Waals surface area contributed by atoms with Crippen LogP contribution in [-0.4, -0.2) is 40.7 Å². The molecule has 0 aromatic rings. The molecule has 1 aliphatic heterocycles. The Hall–Kier alpha value is -0.910. The fourth-order valence-corrected chi connectivity index (χ4v) is 4.40. The second-order valence-corrected chi connectivity index (χ2v) is 8.20. The van der Waals surface area contributed by atoms with Gasteiger partial charge >= 0.3 is 12.0 Å². The van der Waals surface area contributed by atoms with E-state index >= 15 is 0 Å². The molecule has 0 radical (unpaired) electrons. The average Bonchev–Trinajstić information content (AvgIpc) is 2.91. The van der Waals surface area contributed by atoms with Gasteiger partial charge < -0.3 is 15.7 Å². The Kier molecular flexibility index (Phi) is 5.79. The Balaban J connectivity index is 1.60. The first-order valence-corrected chi connectivity index (χ1v) is 8.85. The molecular weight excluding hydrogens is 288 g/mol. The molecule has 0 bridgehead atoms. The summed E-state index contributed by atoms with van der Waals surface area (Å²) in [6.07, 6.45) is 5.65. The van der Waals surface area contributed by atoms with Crippen LogP contribution in [0.25, 0.3) is 0 Å². The number of carboxylic acid groups (broad SMARTS) is 1. The van der Waals surface area contributed by atoms with E-state index in [9.17, 15) is 9.59 Å². The molecule has 2 rings (SSSR count). The second-order valence-electron chi connectivity index (χ2n) is 6.52. The fraction of sp³-hybridized carbons (Fsp3) is 0.867. The molecule has 2 fully saturated rings. The molecule has 3 N–H and O–H groups in total. The van der Waals surface area contributed by atoms with E-state index in [1.54, 1.807) is 0 Å². The highest BCUT2D eigenvalue weighted by Gasteiger charge is 2.30. The highest BCUT2D eigenvalue weighted by molar-refractivity contribution is 8.00. The van der Waals surface area contributed by atoms with Crippen molar-refractivity contribution in [2.45, 2.75) is 50.2 Å². The summed E-state index contributed by atoms with van der Waals surface area (Å²) in [7, 11) is 0. The molecule has 1 saturated carbocycles. The number of nitrogens with one attached hydrogen (secondary N) is 2. The van der Waals surface area contributed by atoms with E-state index in [-0.39, 0.29) is 16.7 Å². The van der Waals surface area contributed by atoms with Crippen LogP contribution in [0.5, 0.6) is 0 Å². The van der Waals surface area contributed by atoms with Crippen LogP contribution in [0.2, 0.25) is 0 Å². The number of aliphatic carboxylic acids is 1. The number of carboxylic acids is 1. The number of amides is 2. The van der Waals surface area contributed by atoms with Gasteiger partial charge in [-0.1, -0.05) is 0 Å². The molecule has 6 heteroatoms. The largest absolute Gasteiger partial charge is 0.481 e. The van der Waals surface area contributed by atoms with Crippen molar-refractivity contribution < 1.29 is 14.7 Å². The van der Waals surface area contributed by atoms with E-state index in [1.165, 1.54) is 12.2 Å².